The van der Waals surface area contributed by atoms with Gasteiger partial charge in [-0.25, -0.2) is 4.99 Å². The molecule has 4 heterocycles. The molecule has 0 aliphatic carbocycles. The van der Waals surface area contributed by atoms with Crippen molar-refractivity contribution in [2.24, 2.45) is 4.99 Å². The van der Waals surface area contributed by atoms with Crippen molar-refractivity contribution >= 4 is 17.4 Å². The van der Waals surface area contributed by atoms with Crippen molar-refractivity contribution in [2.45, 2.75) is 52.4 Å². The Bertz CT molecular complexity index is 1280. The van der Waals surface area contributed by atoms with E-state index in [0.29, 0.717) is 11.0 Å². The average Bonchev–Trinajstić information content (AvgIpc) is 3.11. The number of hydrogen-bond acceptors (Lipinski definition) is 5. The molecule has 2 aliphatic heterocycles. The summed E-state index contributed by atoms with van der Waals surface area (Å²) in [4.78, 5) is 18.9. The third-order valence-electron chi connectivity index (χ3n) is 5.67. The van der Waals surface area contributed by atoms with Gasteiger partial charge in [0.2, 0.25) is 5.72 Å². The first kappa shape index (κ1) is 17.4. The lowest BCUT2D eigenvalue weighted by atomic mass is 9.93. The predicted molar refractivity (Wildman–Crippen MR) is 109 cm³/mol. The Kier molecular flexibility index (Phi) is 3.68. The van der Waals surface area contributed by atoms with Crippen LogP contribution >= 0.6 is 11.3 Å². The third-order valence-corrected chi connectivity index (χ3v) is 6.66. The molecule has 2 aromatic heterocycles. The molecule has 0 N–H and O–H groups in total. The standard InChI is InChI=1S/C21H22N4O2S/c1-5-24-13(3)15(12(2)23-24)10-18-19(26)25-16-11-21(4,22-20(25)28-18)27-17-9-7-6-8-14(16)17/h6-10,16H,5,11H2,1-4H3/b18-10-/t16-,21+/m1/s1. The average molecular weight is 395 g/mol. The molecule has 5 rings (SSSR count). The van der Waals surface area contributed by atoms with Crippen LogP contribution in [0.2, 0.25) is 0 Å². The van der Waals surface area contributed by atoms with E-state index in [1.165, 1.54) is 11.3 Å². The van der Waals surface area contributed by atoms with Crippen LogP contribution in [0.4, 0.5) is 0 Å². The fraction of sp³-hybridized carbons (Fsp3) is 0.381. The molecule has 2 aliphatic rings. The van der Waals surface area contributed by atoms with E-state index in [2.05, 4.69) is 12.0 Å². The van der Waals surface area contributed by atoms with Gasteiger partial charge in [-0.05, 0) is 39.8 Å². The molecule has 0 radical (unpaired) electrons. The lowest BCUT2D eigenvalue weighted by molar-refractivity contribution is 0.0410. The largest absolute Gasteiger partial charge is 0.466 e. The van der Waals surface area contributed by atoms with Gasteiger partial charge in [0.25, 0.3) is 5.56 Å². The smallest absolute Gasteiger partial charge is 0.270 e. The van der Waals surface area contributed by atoms with E-state index >= 15 is 0 Å². The van der Waals surface area contributed by atoms with Gasteiger partial charge in [0.15, 0.2) is 4.80 Å². The van der Waals surface area contributed by atoms with Gasteiger partial charge in [0.1, 0.15) is 5.75 Å². The summed E-state index contributed by atoms with van der Waals surface area (Å²) < 4.78 is 10.7. The molecule has 3 aromatic rings. The molecule has 6 nitrogen and oxygen atoms in total. The number of rotatable bonds is 2. The highest BCUT2D eigenvalue weighted by atomic mass is 32.1. The summed E-state index contributed by atoms with van der Waals surface area (Å²) >= 11 is 1.43. The van der Waals surface area contributed by atoms with Gasteiger partial charge in [-0.15, -0.1) is 0 Å². The van der Waals surface area contributed by atoms with Crippen molar-refractivity contribution in [1.29, 1.82) is 0 Å². The molecule has 28 heavy (non-hydrogen) atoms. The fourth-order valence-electron chi connectivity index (χ4n) is 4.30. The zero-order chi connectivity index (χ0) is 19.6. The van der Waals surface area contributed by atoms with Crippen molar-refractivity contribution in [2.75, 3.05) is 0 Å². The molecule has 0 unspecified atom stereocenters. The lowest BCUT2D eigenvalue weighted by Gasteiger charge is -2.39. The number of para-hydroxylation sites is 1. The highest BCUT2D eigenvalue weighted by molar-refractivity contribution is 7.07. The first-order chi connectivity index (χ1) is 13.4. The monoisotopic (exact) mass is 394 g/mol. The number of hydrogen-bond donors (Lipinski definition) is 0. The van der Waals surface area contributed by atoms with E-state index in [-0.39, 0.29) is 11.6 Å². The van der Waals surface area contributed by atoms with E-state index in [1.54, 1.807) is 0 Å². The van der Waals surface area contributed by atoms with E-state index in [9.17, 15) is 4.79 Å². The molecule has 0 amide bonds. The Labute approximate surface area is 166 Å². The van der Waals surface area contributed by atoms with Gasteiger partial charge in [-0.2, -0.15) is 5.10 Å². The van der Waals surface area contributed by atoms with Gasteiger partial charge >= 0.3 is 0 Å². The van der Waals surface area contributed by atoms with Crippen LogP contribution in [0.25, 0.3) is 6.08 Å². The first-order valence-electron chi connectivity index (χ1n) is 9.55. The summed E-state index contributed by atoms with van der Waals surface area (Å²) in [6.45, 7) is 8.90. The highest BCUT2D eigenvalue weighted by Crippen LogP contribution is 2.42. The van der Waals surface area contributed by atoms with Crippen LogP contribution in [0.3, 0.4) is 0 Å². The zero-order valence-electron chi connectivity index (χ0n) is 16.4. The Morgan fingerprint density at radius 1 is 1.36 bits per heavy atom. The van der Waals surface area contributed by atoms with Crippen molar-refractivity contribution < 1.29 is 4.74 Å². The SMILES string of the molecule is CCn1nc(C)c(/C=c2\sc3n(c2=O)[C@@H]2C[C@@](C)(N=3)Oc3ccccc32)c1C. The summed E-state index contributed by atoms with van der Waals surface area (Å²) in [5, 5.41) is 4.57. The highest BCUT2D eigenvalue weighted by Gasteiger charge is 2.42. The molecule has 2 bridgehead atoms. The Balaban J connectivity index is 1.76. The topological polar surface area (TPSA) is 61.4 Å². The van der Waals surface area contributed by atoms with E-state index in [1.807, 2.05) is 60.4 Å². The first-order valence-corrected chi connectivity index (χ1v) is 10.4. The zero-order valence-corrected chi connectivity index (χ0v) is 17.2. The number of ether oxygens (including phenoxy) is 1. The summed E-state index contributed by atoms with van der Waals surface area (Å²) in [5.74, 6) is 0.815. The molecular weight excluding hydrogens is 372 g/mol. The second kappa shape index (κ2) is 5.91. The van der Waals surface area contributed by atoms with Crippen molar-refractivity contribution in [3.8, 4) is 5.75 Å². The normalized spacial score (nSPS) is 23.0. The predicted octanol–water partition coefficient (Wildman–Crippen LogP) is 2.29. The van der Waals surface area contributed by atoms with Gasteiger partial charge in [-0.3, -0.25) is 14.0 Å². The van der Waals surface area contributed by atoms with Crippen LogP contribution in [0.5, 0.6) is 5.75 Å². The second-order valence-corrected chi connectivity index (χ2v) is 8.62. The number of benzene rings is 1. The van der Waals surface area contributed by atoms with Gasteiger partial charge in [-0.1, -0.05) is 29.5 Å². The maximum absolute atomic E-state index is 13.3. The second-order valence-electron chi connectivity index (χ2n) is 7.62. The summed E-state index contributed by atoms with van der Waals surface area (Å²) in [6, 6.07) is 7.90. The fourth-order valence-corrected chi connectivity index (χ4v) is 5.40. The molecule has 2 atom stereocenters. The van der Waals surface area contributed by atoms with Gasteiger partial charge in [0.05, 0.1) is 16.3 Å². The van der Waals surface area contributed by atoms with Crippen LogP contribution in [0.1, 0.15) is 48.8 Å². The summed E-state index contributed by atoms with van der Waals surface area (Å²) in [6.07, 6.45) is 2.63. The minimum Gasteiger partial charge on any atom is -0.466 e. The minimum atomic E-state index is -0.632. The van der Waals surface area contributed by atoms with E-state index in [4.69, 9.17) is 9.73 Å². The molecule has 144 valence electrons. The van der Waals surface area contributed by atoms with E-state index < -0.39 is 5.72 Å². The molecule has 0 saturated carbocycles. The van der Waals surface area contributed by atoms with Crippen molar-refractivity contribution in [3.63, 3.8) is 0 Å². The van der Waals surface area contributed by atoms with Gasteiger partial charge < -0.3 is 4.74 Å². The number of nitrogens with zero attached hydrogens (tertiary/aromatic N) is 4. The quantitative estimate of drug-likeness (QED) is 0.670. The Morgan fingerprint density at radius 3 is 2.89 bits per heavy atom. The molecule has 7 heteroatoms. The molecule has 1 aromatic carbocycles. The number of thiazole rings is 1. The molecule has 0 saturated heterocycles. The maximum Gasteiger partial charge on any atom is 0.270 e. The third kappa shape index (κ3) is 2.42. The number of aromatic nitrogens is 3. The van der Waals surface area contributed by atoms with Crippen LogP contribution in [-0.2, 0) is 6.54 Å². The maximum atomic E-state index is 13.3. The van der Waals surface area contributed by atoms with Crippen LogP contribution in [0, 0.1) is 13.8 Å². The summed E-state index contributed by atoms with van der Waals surface area (Å²) in [5.41, 5.74) is 3.46. The van der Waals surface area contributed by atoms with E-state index in [0.717, 1.165) is 39.6 Å². The Hall–Kier alpha value is -2.67. The number of aryl methyl sites for hydroxylation is 2. The lowest BCUT2D eigenvalue weighted by Crippen LogP contribution is -2.49. The summed E-state index contributed by atoms with van der Waals surface area (Å²) in [7, 11) is 0. The van der Waals surface area contributed by atoms with Crippen molar-refractivity contribution in [3.05, 3.63) is 66.5 Å². The Morgan fingerprint density at radius 2 is 2.14 bits per heavy atom. The molecular formula is C21H22N4O2S. The number of fused-ring (bicyclic) bond motifs is 6. The van der Waals surface area contributed by atoms with Crippen LogP contribution < -0.4 is 19.6 Å². The van der Waals surface area contributed by atoms with Crippen LogP contribution in [-0.4, -0.2) is 20.1 Å². The minimum absolute atomic E-state index is 0.00977. The molecule has 0 spiro atoms. The van der Waals surface area contributed by atoms with Crippen molar-refractivity contribution in [1.82, 2.24) is 14.3 Å². The molecule has 0 fully saturated rings. The van der Waals surface area contributed by atoms with Gasteiger partial charge in [0, 0.05) is 29.8 Å². The van der Waals surface area contributed by atoms with Crippen LogP contribution in [0.15, 0.2) is 34.1 Å².